The summed E-state index contributed by atoms with van der Waals surface area (Å²) >= 11 is 0. The van der Waals surface area contributed by atoms with Crippen LogP contribution >= 0.6 is 0 Å². The van der Waals surface area contributed by atoms with Crippen LogP contribution in [0.15, 0.2) is 0 Å². The second-order valence-corrected chi connectivity index (χ2v) is 7.21. The summed E-state index contributed by atoms with van der Waals surface area (Å²) in [6.45, 7) is 12.6. The van der Waals surface area contributed by atoms with E-state index in [0.717, 1.165) is 6.42 Å². The largest absolute Gasteiger partial charge is 0.291 e. The standard InChI is InChI=1S/C14H24O2/c1-13(2,3)9-7-10(14(4,5)6)12(16)11(15)8-9/h9-10H,7-8H2,1-6H3. The molecule has 1 aliphatic carbocycles. The minimum atomic E-state index is -0.161. The van der Waals surface area contributed by atoms with E-state index >= 15 is 0 Å². The zero-order chi connectivity index (χ0) is 12.7. The van der Waals surface area contributed by atoms with E-state index in [0.29, 0.717) is 12.3 Å². The van der Waals surface area contributed by atoms with Gasteiger partial charge in [0, 0.05) is 12.3 Å². The number of hydrogen-bond donors (Lipinski definition) is 0. The highest BCUT2D eigenvalue weighted by molar-refractivity contribution is 6.38. The quantitative estimate of drug-likeness (QED) is 0.592. The van der Waals surface area contributed by atoms with Gasteiger partial charge < -0.3 is 0 Å². The highest BCUT2D eigenvalue weighted by atomic mass is 16.2. The average Bonchev–Trinajstić information content (AvgIpc) is 2.05. The normalized spacial score (nSPS) is 28.4. The van der Waals surface area contributed by atoms with Gasteiger partial charge in [-0.15, -0.1) is 0 Å². The summed E-state index contributed by atoms with van der Waals surface area (Å²) in [6.07, 6.45) is 1.30. The molecule has 1 aliphatic rings. The van der Waals surface area contributed by atoms with Crippen LogP contribution in [-0.2, 0) is 9.59 Å². The molecule has 0 bridgehead atoms. The van der Waals surface area contributed by atoms with E-state index in [1.54, 1.807) is 0 Å². The number of carbonyl (C=O) groups excluding carboxylic acids is 2. The first-order valence-corrected chi connectivity index (χ1v) is 6.10. The molecule has 16 heavy (non-hydrogen) atoms. The van der Waals surface area contributed by atoms with E-state index in [2.05, 4.69) is 20.8 Å². The van der Waals surface area contributed by atoms with E-state index in [-0.39, 0.29) is 28.3 Å². The van der Waals surface area contributed by atoms with Crippen molar-refractivity contribution in [1.29, 1.82) is 0 Å². The van der Waals surface area contributed by atoms with Gasteiger partial charge in [0.05, 0.1) is 0 Å². The van der Waals surface area contributed by atoms with Crippen molar-refractivity contribution in [2.45, 2.75) is 54.4 Å². The average molecular weight is 224 g/mol. The van der Waals surface area contributed by atoms with Crippen molar-refractivity contribution < 1.29 is 9.59 Å². The van der Waals surface area contributed by atoms with E-state index < -0.39 is 0 Å². The molecule has 0 saturated heterocycles. The Hall–Kier alpha value is -0.660. The van der Waals surface area contributed by atoms with Crippen LogP contribution in [0, 0.1) is 22.7 Å². The van der Waals surface area contributed by atoms with Crippen LogP contribution in [0.4, 0.5) is 0 Å². The van der Waals surface area contributed by atoms with Crippen molar-refractivity contribution in [2.24, 2.45) is 22.7 Å². The number of ketones is 2. The molecule has 0 radical (unpaired) electrons. The van der Waals surface area contributed by atoms with Gasteiger partial charge in [-0.05, 0) is 23.2 Å². The summed E-state index contributed by atoms with van der Waals surface area (Å²) < 4.78 is 0. The van der Waals surface area contributed by atoms with Gasteiger partial charge in [-0.1, -0.05) is 41.5 Å². The first kappa shape index (κ1) is 13.4. The fourth-order valence-corrected chi connectivity index (χ4v) is 2.40. The van der Waals surface area contributed by atoms with Gasteiger partial charge in [0.25, 0.3) is 0 Å². The second kappa shape index (κ2) is 3.97. The Bertz CT molecular complexity index is 302. The molecule has 2 unspecified atom stereocenters. The Morgan fingerprint density at radius 2 is 1.44 bits per heavy atom. The second-order valence-electron chi connectivity index (χ2n) is 7.21. The zero-order valence-electron chi connectivity index (χ0n) is 11.4. The third-order valence-electron chi connectivity index (χ3n) is 3.81. The summed E-state index contributed by atoms with van der Waals surface area (Å²) in [5.41, 5.74) is 0.0104. The molecule has 92 valence electrons. The number of rotatable bonds is 0. The lowest BCUT2D eigenvalue weighted by Crippen LogP contribution is -2.43. The van der Waals surface area contributed by atoms with Crippen LogP contribution in [-0.4, -0.2) is 11.6 Å². The van der Waals surface area contributed by atoms with Crippen molar-refractivity contribution in [1.82, 2.24) is 0 Å². The summed E-state index contributed by atoms with van der Waals surface area (Å²) in [5, 5.41) is 0. The maximum absolute atomic E-state index is 11.9. The summed E-state index contributed by atoms with van der Waals surface area (Å²) in [7, 11) is 0. The number of carbonyl (C=O) groups is 2. The first-order chi connectivity index (χ1) is 7.03. The summed E-state index contributed by atoms with van der Waals surface area (Å²) in [5.74, 6) is -0.0704. The van der Waals surface area contributed by atoms with Crippen molar-refractivity contribution in [3.05, 3.63) is 0 Å². The third kappa shape index (κ3) is 2.72. The minimum Gasteiger partial charge on any atom is -0.291 e. The minimum absolute atomic E-state index is 0.0991. The van der Waals surface area contributed by atoms with Gasteiger partial charge in [0.2, 0.25) is 5.78 Å². The predicted molar refractivity (Wildman–Crippen MR) is 65.1 cm³/mol. The van der Waals surface area contributed by atoms with Gasteiger partial charge in [0.15, 0.2) is 5.78 Å². The molecule has 0 amide bonds. The molecule has 1 rings (SSSR count). The Labute approximate surface area is 98.8 Å². The third-order valence-corrected chi connectivity index (χ3v) is 3.81. The highest BCUT2D eigenvalue weighted by Gasteiger charge is 2.44. The lowest BCUT2D eigenvalue weighted by molar-refractivity contribution is -0.146. The highest BCUT2D eigenvalue weighted by Crippen LogP contribution is 2.43. The van der Waals surface area contributed by atoms with E-state index in [4.69, 9.17) is 0 Å². The molecule has 1 saturated carbocycles. The lowest BCUT2D eigenvalue weighted by atomic mass is 9.62. The van der Waals surface area contributed by atoms with Gasteiger partial charge in [-0.2, -0.15) is 0 Å². The van der Waals surface area contributed by atoms with E-state index in [1.165, 1.54) is 0 Å². The molecule has 1 fully saturated rings. The van der Waals surface area contributed by atoms with E-state index in [1.807, 2.05) is 20.8 Å². The van der Waals surface area contributed by atoms with Crippen molar-refractivity contribution in [2.75, 3.05) is 0 Å². The SMILES string of the molecule is CC(C)(C)C1CC(=O)C(=O)C(C(C)(C)C)C1. The Kier molecular flexibility index (Phi) is 3.33. The lowest BCUT2D eigenvalue weighted by Gasteiger charge is -2.40. The van der Waals surface area contributed by atoms with Crippen LogP contribution in [0.25, 0.3) is 0 Å². The monoisotopic (exact) mass is 224 g/mol. The Balaban J connectivity index is 2.95. The molecule has 2 atom stereocenters. The van der Waals surface area contributed by atoms with Crippen molar-refractivity contribution >= 4 is 11.6 Å². The molecule has 0 aromatic carbocycles. The predicted octanol–water partition coefficient (Wildman–Crippen LogP) is 3.24. The van der Waals surface area contributed by atoms with Crippen LogP contribution < -0.4 is 0 Å². The van der Waals surface area contributed by atoms with Crippen molar-refractivity contribution in [3.8, 4) is 0 Å². The molecule has 0 N–H and O–H groups in total. The van der Waals surface area contributed by atoms with E-state index in [9.17, 15) is 9.59 Å². The van der Waals surface area contributed by atoms with Gasteiger partial charge >= 0.3 is 0 Å². The number of Topliss-reactive ketones (excluding diaryl/α,β-unsaturated/α-hetero) is 2. The molecule has 0 aromatic rings. The Morgan fingerprint density at radius 3 is 1.81 bits per heavy atom. The number of hydrogen-bond acceptors (Lipinski definition) is 2. The maximum Gasteiger partial charge on any atom is 0.201 e. The van der Waals surface area contributed by atoms with Crippen LogP contribution in [0.3, 0.4) is 0 Å². The molecule has 0 aromatic heterocycles. The molecule has 2 nitrogen and oxygen atoms in total. The summed E-state index contributed by atoms with van der Waals surface area (Å²) in [6, 6.07) is 0. The fourth-order valence-electron chi connectivity index (χ4n) is 2.40. The Morgan fingerprint density at radius 1 is 0.938 bits per heavy atom. The van der Waals surface area contributed by atoms with Crippen LogP contribution in [0.5, 0.6) is 0 Å². The van der Waals surface area contributed by atoms with Crippen LogP contribution in [0.2, 0.25) is 0 Å². The first-order valence-electron chi connectivity index (χ1n) is 6.10. The molecule has 0 aliphatic heterocycles. The fraction of sp³-hybridized carbons (Fsp3) is 0.857. The molecule has 0 spiro atoms. The molecule has 0 heterocycles. The van der Waals surface area contributed by atoms with Gasteiger partial charge in [-0.3, -0.25) is 9.59 Å². The molecule has 2 heteroatoms. The molecular weight excluding hydrogens is 200 g/mol. The van der Waals surface area contributed by atoms with Gasteiger partial charge in [0.1, 0.15) is 0 Å². The zero-order valence-corrected chi connectivity index (χ0v) is 11.4. The maximum atomic E-state index is 11.9. The molecular formula is C14H24O2. The topological polar surface area (TPSA) is 34.1 Å². The summed E-state index contributed by atoms with van der Waals surface area (Å²) in [4.78, 5) is 23.7. The van der Waals surface area contributed by atoms with Crippen molar-refractivity contribution in [3.63, 3.8) is 0 Å². The smallest absolute Gasteiger partial charge is 0.201 e. The van der Waals surface area contributed by atoms with Gasteiger partial charge in [-0.25, -0.2) is 0 Å². The van der Waals surface area contributed by atoms with Crippen LogP contribution in [0.1, 0.15) is 54.4 Å².